The predicted molar refractivity (Wildman–Crippen MR) is 182 cm³/mol. The molecule has 0 spiro atoms. The van der Waals surface area contributed by atoms with E-state index in [1.807, 2.05) is 19.0 Å². The van der Waals surface area contributed by atoms with Crippen molar-refractivity contribution in [2.45, 2.75) is 148 Å². The fourth-order valence-corrected chi connectivity index (χ4v) is 5.89. The van der Waals surface area contributed by atoms with E-state index >= 15 is 0 Å². The second-order valence-electron chi connectivity index (χ2n) is 12.2. The highest BCUT2D eigenvalue weighted by Crippen LogP contribution is 2.13. The number of hydrogen-bond donors (Lipinski definition) is 3. The first-order valence-corrected chi connectivity index (χ1v) is 18.5. The molecular weight excluding hydrogens is 578 g/mol. The van der Waals surface area contributed by atoms with Crippen LogP contribution in [0.3, 0.4) is 0 Å². The van der Waals surface area contributed by atoms with Gasteiger partial charge in [0.15, 0.2) is 5.78 Å². The summed E-state index contributed by atoms with van der Waals surface area (Å²) in [6.45, 7) is 4.44. The van der Waals surface area contributed by atoms with Crippen LogP contribution < -0.4 is 10.6 Å². The van der Waals surface area contributed by atoms with Crippen molar-refractivity contribution in [3.05, 3.63) is 0 Å². The third kappa shape index (κ3) is 26.7. The smallest absolute Gasteiger partial charge is 0.305 e. The van der Waals surface area contributed by atoms with Gasteiger partial charge in [-0.25, -0.2) is 0 Å². The summed E-state index contributed by atoms with van der Waals surface area (Å²) < 4.78 is 5.37. The summed E-state index contributed by atoms with van der Waals surface area (Å²) in [4.78, 5) is 51.0. The molecule has 2 atom stereocenters. The summed E-state index contributed by atoms with van der Waals surface area (Å²) in [5.74, 6) is -0.345. The number of esters is 1. The average Bonchev–Trinajstić information content (AvgIpc) is 2.98. The molecule has 0 aliphatic rings. The van der Waals surface area contributed by atoms with Crippen molar-refractivity contribution in [1.29, 1.82) is 0 Å². The summed E-state index contributed by atoms with van der Waals surface area (Å²) >= 11 is 1.45. The molecule has 44 heavy (non-hydrogen) atoms. The summed E-state index contributed by atoms with van der Waals surface area (Å²) in [5.41, 5.74) is 0. The second-order valence-corrected chi connectivity index (χ2v) is 13.4. The Morgan fingerprint density at radius 1 is 0.727 bits per heavy atom. The van der Waals surface area contributed by atoms with Gasteiger partial charge in [-0.15, -0.1) is 0 Å². The number of amides is 2. The molecule has 0 aromatic rings. The van der Waals surface area contributed by atoms with Crippen molar-refractivity contribution in [3.8, 4) is 0 Å². The van der Waals surface area contributed by atoms with Crippen LogP contribution in [0, 0.1) is 0 Å². The van der Waals surface area contributed by atoms with Crippen LogP contribution in [0.1, 0.15) is 136 Å². The molecule has 0 aromatic carbocycles. The highest BCUT2D eigenvalue weighted by atomic mass is 32.2. The van der Waals surface area contributed by atoms with Crippen molar-refractivity contribution in [1.82, 2.24) is 15.5 Å². The first-order chi connectivity index (χ1) is 21.2. The van der Waals surface area contributed by atoms with Crippen molar-refractivity contribution in [3.63, 3.8) is 0 Å². The lowest BCUT2D eigenvalue weighted by Gasteiger charge is -2.21. The molecule has 0 heterocycles. The Kier molecular flexibility index (Phi) is 28.9. The number of ether oxygens (including phenoxy) is 1. The Labute approximate surface area is 272 Å². The van der Waals surface area contributed by atoms with Crippen molar-refractivity contribution < 1.29 is 29.0 Å². The topological polar surface area (TPSA) is 125 Å². The number of hydrogen-bond acceptors (Lipinski definition) is 8. The van der Waals surface area contributed by atoms with Gasteiger partial charge >= 0.3 is 5.97 Å². The molecule has 9 nitrogen and oxygen atoms in total. The largest absolute Gasteiger partial charge is 0.466 e. The minimum atomic E-state index is -0.988. The fourth-order valence-electron chi connectivity index (χ4n) is 4.90. The van der Waals surface area contributed by atoms with E-state index in [1.165, 1.54) is 95.7 Å². The van der Waals surface area contributed by atoms with Crippen LogP contribution in [-0.4, -0.2) is 91.0 Å². The van der Waals surface area contributed by atoms with Gasteiger partial charge in [0.1, 0.15) is 12.1 Å². The maximum absolute atomic E-state index is 12.8. The number of ketones is 1. The van der Waals surface area contributed by atoms with E-state index < -0.39 is 24.6 Å². The normalized spacial score (nSPS) is 12.6. The quantitative estimate of drug-likeness (QED) is 0.0639. The Morgan fingerprint density at radius 3 is 1.82 bits per heavy atom. The maximum atomic E-state index is 12.8. The number of unbranched alkanes of at least 4 members (excludes halogenated alkanes) is 14. The van der Waals surface area contributed by atoms with Gasteiger partial charge in [-0.2, -0.15) is 11.8 Å². The van der Waals surface area contributed by atoms with Crippen LogP contribution in [0.4, 0.5) is 0 Å². The van der Waals surface area contributed by atoms with Gasteiger partial charge in [-0.05, 0) is 52.1 Å². The van der Waals surface area contributed by atoms with Gasteiger partial charge in [0.05, 0.1) is 13.2 Å². The monoisotopic (exact) mass is 643 g/mol. The molecule has 0 saturated carbocycles. The fraction of sp³-hybridized carbons (Fsp3) is 0.882. The molecule has 0 rings (SSSR count). The lowest BCUT2D eigenvalue weighted by Crippen LogP contribution is -2.53. The molecule has 258 valence electrons. The molecule has 0 bridgehead atoms. The standard InChI is InChI=1S/C34H65N3O6S/c1-5-6-7-8-9-10-11-12-13-14-15-16-17-20-25-43-33(41)23-21-26-44-28-31(35-29(2)39)34(42)36-30(27-38)32(40)22-18-19-24-37(3)4/h30-31,38H,5-28H2,1-4H3,(H,35,39)(H,36,42)/t30-,31-/m0/s1. The Balaban J connectivity index is 3.97. The van der Waals surface area contributed by atoms with E-state index in [2.05, 4.69) is 17.6 Å². The maximum Gasteiger partial charge on any atom is 0.305 e. The van der Waals surface area contributed by atoms with E-state index in [0.29, 0.717) is 37.4 Å². The Morgan fingerprint density at radius 2 is 1.30 bits per heavy atom. The SMILES string of the molecule is CCCCCCCCCCCCCCCCOC(=O)CCCSC[C@H](NC(C)=O)C(=O)N[C@@H](CO)C(=O)CCCCN(C)C. The van der Waals surface area contributed by atoms with E-state index in [0.717, 1.165) is 25.8 Å². The molecule has 0 radical (unpaired) electrons. The molecule has 0 unspecified atom stereocenters. The molecule has 0 saturated heterocycles. The first kappa shape index (κ1) is 42.3. The summed E-state index contributed by atoms with van der Waals surface area (Å²) in [7, 11) is 3.93. The van der Waals surface area contributed by atoms with Gasteiger partial charge in [0.2, 0.25) is 11.8 Å². The highest BCUT2D eigenvalue weighted by Gasteiger charge is 2.25. The number of thioether (sulfide) groups is 1. The molecule has 0 aliphatic heterocycles. The average molecular weight is 644 g/mol. The number of nitrogens with one attached hydrogen (secondary N) is 2. The zero-order valence-electron chi connectivity index (χ0n) is 28.5. The first-order valence-electron chi connectivity index (χ1n) is 17.3. The number of nitrogens with zero attached hydrogens (tertiary/aromatic N) is 1. The molecule has 0 aliphatic carbocycles. The summed E-state index contributed by atoms with van der Waals surface area (Å²) in [6, 6.07) is -1.82. The number of Topliss-reactive ketones (excluding diaryl/α,β-unsaturated/α-hetero) is 1. The zero-order valence-corrected chi connectivity index (χ0v) is 29.3. The lowest BCUT2D eigenvalue weighted by atomic mass is 10.0. The molecule has 3 N–H and O–H groups in total. The molecule has 2 amide bonds. The van der Waals surface area contributed by atoms with Crippen molar-refractivity contribution in [2.24, 2.45) is 0 Å². The van der Waals surface area contributed by atoms with Crippen LogP contribution in [0.5, 0.6) is 0 Å². The van der Waals surface area contributed by atoms with E-state index in [-0.39, 0.29) is 24.1 Å². The van der Waals surface area contributed by atoms with E-state index in [1.54, 1.807) is 0 Å². The summed E-state index contributed by atoms with van der Waals surface area (Å²) in [6.07, 6.45) is 20.8. The van der Waals surface area contributed by atoms with Gasteiger partial charge in [0.25, 0.3) is 0 Å². The minimum absolute atomic E-state index is 0.202. The number of carbonyl (C=O) groups is 4. The Bertz CT molecular complexity index is 753. The summed E-state index contributed by atoms with van der Waals surface area (Å²) in [5, 5.41) is 14.9. The molecule has 0 aromatic heterocycles. The van der Waals surface area contributed by atoms with E-state index in [9.17, 15) is 24.3 Å². The van der Waals surface area contributed by atoms with Crippen LogP contribution in [-0.2, 0) is 23.9 Å². The number of aliphatic hydroxyl groups excluding tert-OH is 1. The lowest BCUT2D eigenvalue weighted by molar-refractivity contribution is -0.143. The molecular formula is C34H65N3O6S. The number of aliphatic hydroxyl groups is 1. The zero-order chi connectivity index (χ0) is 32.8. The molecule has 10 heteroatoms. The number of rotatable bonds is 31. The minimum Gasteiger partial charge on any atom is -0.466 e. The van der Waals surface area contributed by atoms with Crippen molar-refractivity contribution in [2.75, 3.05) is 45.4 Å². The van der Waals surface area contributed by atoms with Gasteiger partial charge in [0, 0.05) is 25.5 Å². The van der Waals surface area contributed by atoms with Gasteiger partial charge in [-0.3, -0.25) is 19.2 Å². The van der Waals surface area contributed by atoms with Gasteiger partial charge in [-0.1, -0.05) is 90.4 Å². The van der Waals surface area contributed by atoms with Crippen LogP contribution >= 0.6 is 11.8 Å². The van der Waals surface area contributed by atoms with Crippen molar-refractivity contribution >= 4 is 35.3 Å². The van der Waals surface area contributed by atoms with Crippen LogP contribution in [0.15, 0.2) is 0 Å². The third-order valence-electron chi connectivity index (χ3n) is 7.58. The Hall–Kier alpha value is -1.65. The van der Waals surface area contributed by atoms with E-state index in [4.69, 9.17) is 4.74 Å². The van der Waals surface area contributed by atoms with Crippen LogP contribution in [0.25, 0.3) is 0 Å². The third-order valence-corrected chi connectivity index (χ3v) is 8.72. The predicted octanol–water partition coefficient (Wildman–Crippen LogP) is 5.81. The second kappa shape index (κ2) is 30.0. The van der Waals surface area contributed by atoms with Crippen LogP contribution in [0.2, 0.25) is 0 Å². The highest BCUT2D eigenvalue weighted by molar-refractivity contribution is 7.99. The van der Waals surface area contributed by atoms with Gasteiger partial charge < -0.3 is 25.4 Å². The number of carbonyl (C=O) groups excluding carboxylic acids is 4. The molecule has 0 fully saturated rings.